The predicted octanol–water partition coefficient (Wildman–Crippen LogP) is 1.52. The maximum atomic E-state index is 12.1. The van der Waals surface area contributed by atoms with Gasteiger partial charge in [0.25, 0.3) is 5.91 Å². The molecule has 110 valence electrons. The van der Waals surface area contributed by atoms with E-state index in [0.717, 1.165) is 25.7 Å². The van der Waals surface area contributed by atoms with Gasteiger partial charge in [-0.25, -0.2) is 9.59 Å². The van der Waals surface area contributed by atoms with Gasteiger partial charge in [0.05, 0.1) is 0 Å². The molecule has 0 aliphatic heterocycles. The number of hydrogen-bond acceptors (Lipinski definition) is 3. The molecule has 0 unspecified atom stereocenters. The van der Waals surface area contributed by atoms with Crippen LogP contribution in [0, 0.1) is 5.92 Å². The molecule has 0 saturated heterocycles. The number of carboxylic acid groups (broad SMARTS) is 1. The molecule has 0 radical (unpaired) electrons. The molecule has 0 spiro atoms. The summed E-state index contributed by atoms with van der Waals surface area (Å²) in [6, 6.07) is -0.157. The Balaban J connectivity index is 1.96. The number of hydrogen-bond donors (Lipinski definition) is 2. The van der Waals surface area contributed by atoms with Crippen molar-refractivity contribution in [3.63, 3.8) is 0 Å². The first-order valence-corrected chi connectivity index (χ1v) is 6.93. The van der Waals surface area contributed by atoms with Crippen molar-refractivity contribution in [3.05, 3.63) is 11.1 Å². The number of carbonyl (C=O) groups excluding carboxylic acids is 2. The third-order valence-corrected chi connectivity index (χ3v) is 3.84. The molecule has 2 fully saturated rings. The summed E-state index contributed by atoms with van der Waals surface area (Å²) in [5, 5.41) is 11.1. The molecule has 0 bridgehead atoms. The first kappa shape index (κ1) is 14.6. The average molecular weight is 280 g/mol. The lowest BCUT2D eigenvalue weighted by molar-refractivity contribution is -0.133. The molecule has 6 heteroatoms. The van der Waals surface area contributed by atoms with E-state index in [9.17, 15) is 14.4 Å². The molecule has 6 nitrogen and oxygen atoms in total. The number of imide groups is 1. The number of rotatable bonds is 5. The summed E-state index contributed by atoms with van der Waals surface area (Å²) in [7, 11) is 0. The first-order chi connectivity index (χ1) is 9.40. The molecule has 0 atom stereocenters. The summed E-state index contributed by atoms with van der Waals surface area (Å²) in [4.78, 5) is 36.5. The molecule has 3 amide bonds. The van der Waals surface area contributed by atoms with Crippen molar-refractivity contribution in [1.82, 2.24) is 10.2 Å². The number of carboxylic acids is 1. The summed E-state index contributed by atoms with van der Waals surface area (Å²) < 4.78 is 0. The van der Waals surface area contributed by atoms with Crippen molar-refractivity contribution >= 4 is 17.9 Å². The fraction of sp³-hybridized carbons (Fsp3) is 0.643. The summed E-state index contributed by atoms with van der Waals surface area (Å²) in [5.74, 6) is -1.22. The van der Waals surface area contributed by atoms with E-state index >= 15 is 0 Å². The summed E-state index contributed by atoms with van der Waals surface area (Å²) >= 11 is 0. The first-order valence-electron chi connectivity index (χ1n) is 6.93. The molecule has 0 aromatic rings. The number of urea groups is 1. The number of carbonyl (C=O) groups is 3. The largest absolute Gasteiger partial charge is 0.478 e. The van der Waals surface area contributed by atoms with Crippen molar-refractivity contribution in [3.8, 4) is 0 Å². The highest BCUT2D eigenvalue weighted by Gasteiger charge is 2.37. The molecular formula is C14H20N2O4. The van der Waals surface area contributed by atoms with Crippen LogP contribution in [0.1, 0.15) is 39.5 Å². The van der Waals surface area contributed by atoms with E-state index < -0.39 is 17.9 Å². The van der Waals surface area contributed by atoms with Crippen molar-refractivity contribution in [2.75, 3.05) is 6.54 Å². The second kappa shape index (κ2) is 5.64. The standard InChI is InChI=1S/C14H20N2O4/c1-8(9(2)13(18)19)12(17)15-14(20)16(11-5-6-11)7-10-3-4-10/h10-11H,3-7H2,1-2H3,(H,18,19)(H,15,17,20). The SMILES string of the molecule is CC(C(=O)O)=C(C)C(=O)NC(=O)N(CC1CC1)C1CC1. The maximum absolute atomic E-state index is 12.1. The van der Waals surface area contributed by atoms with Crippen LogP contribution >= 0.6 is 0 Å². The lowest BCUT2D eigenvalue weighted by atomic mass is 10.1. The highest BCUT2D eigenvalue weighted by Crippen LogP contribution is 2.34. The highest BCUT2D eigenvalue weighted by molar-refractivity contribution is 6.07. The Labute approximate surface area is 117 Å². The maximum Gasteiger partial charge on any atom is 0.331 e. The summed E-state index contributed by atoms with van der Waals surface area (Å²) in [5.41, 5.74) is 0.0171. The fourth-order valence-electron chi connectivity index (χ4n) is 1.96. The van der Waals surface area contributed by atoms with E-state index in [1.54, 1.807) is 4.90 Å². The molecule has 0 heterocycles. The van der Waals surface area contributed by atoms with Gasteiger partial charge in [0, 0.05) is 23.7 Å². The lowest BCUT2D eigenvalue weighted by Gasteiger charge is -2.22. The zero-order chi connectivity index (χ0) is 14.9. The minimum atomic E-state index is -1.15. The van der Waals surface area contributed by atoms with Gasteiger partial charge in [-0.1, -0.05) is 0 Å². The van der Waals surface area contributed by atoms with Gasteiger partial charge in [-0.05, 0) is 45.4 Å². The lowest BCUT2D eigenvalue weighted by Crippen LogP contribution is -2.45. The van der Waals surface area contributed by atoms with Crippen molar-refractivity contribution < 1.29 is 19.5 Å². The van der Waals surface area contributed by atoms with E-state index in [-0.39, 0.29) is 17.2 Å². The fourth-order valence-corrected chi connectivity index (χ4v) is 1.96. The van der Waals surface area contributed by atoms with Crippen LogP contribution in [-0.2, 0) is 9.59 Å². The van der Waals surface area contributed by atoms with Crippen molar-refractivity contribution in [1.29, 1.82) is 0 Å². The minimum Gasteiger partial charge on any atom is -0.478 e. The Kier molecular flexibility index (Phi) is 4.11. The second-order valence-corrected chi connectivity index (χ2v) is 5.64. The van der Waals surface area contributed by atoms with Gasteiger partial charge in [-0.3, -0.25) is 10.1 Å². The Morgan fingerprint density at radius 2 is 1.70 bits per heavy atom. The Morgan fingerprint density at radius 3 is 2.15 bits per heavy atom. The highest BCUT2D eigenvalue weighted by atomic mass is 16.4. The van der Waals surface area contributed by atoms with Gasteiger partial charge in [0.1, 0.15) is 0 Å². The zero-order valence-electron chi connectivity index (χ0n) is 11.8. The molecule has 2 N–H and O–H groups in total. The number of nitrogens with one attached hydrogen (secondary N) is 1. The van der Waals surface area contributed by atoms with Gasteiger partial charge >= 0.3 is 12.0 Å². The van der Waals surface area contributed by atoms with Crippen LogP contribution in [0.3, 0.4) is 0 Å². The zero-order valence-corrected chi connectivity index (χ0v) is 11.8. The quantitative estimate of drug-likeness (QED) is 0.747. The van der Waals surface area contributed by atoms with Gasteiger partial charge < -0.3 is 10.0 Å². The van der Waals surface area contributed by atoms with Crippen LogP contribution in [0.15, 0.2) is 11.1 Å². The molecule has 2 saturated carbocycles. The van der Waals surface area contributed by atoms with Crippen LogP contribution in [0.25, 0.3) is 0 Å². The van der Waals surface area contributed by atoms with Gasteiger partial charge in [0.15, 0.2) is 0 Å². The van der Waals surface area contributed by atoms with Crippen LogP contribution in [0.2, 0.25) is 0 Å². The third-order valence-electron chi connectivity index (χ3n) is 3.84. The molecule has 20 heavy (non-hydrogen) atoms. The summed E-state index contributed by atoms with van der Waals surface area (Å²) in [6.07, 6.45) is 4.25. The van der Waals surface area contributed by atoms with Crippen LogP contribution < -0.4 is 5.32 Å². The normalized spacial score (nSPS) is 19.1. The Bertz CT molecular complexity index is 476. The van der Waals surface area contributed by atoms with Crippen LogP contribution in [-0.4, -0.2) is 40.5 Å². The number of amides is 3. The van der Waals surface area contributed by atoms with E-state index in [4.69, 9.17) is 5.11 Å². The summed E-state index contributed by atoms with van der Waals surface area (Å²) in [6.45, 7) is 3.46. The van der Waals surface area contributed by atoms with Gasteiger partial charge in [0.2, 0.25) is 0 Å². The molecular weight excluding hydrogens is 260 g/mol. The molecule has 2 aliphatic rings. The third kappa shape index (κ3) is 3.59. The second-order valence-electron chi connectivity index (χ2n) is 5.64. The molecule has 2 rings (SSSR count). The van der Waals surface area contributed by atoms with Crippen molar-refractivity contribution in [2.24, 2.45) is 5.92 Å². The van der Waals surface area contributed by atoms with Gasteiger partial charge in [-0.15, -0.1) is 0 Å². The monoisotopic (exact) mass is 280 g/mol. The molecule has 0 aromatic carbocycles. The number of aliphatic carboxylic acids is 1. The predicted molar refractivity (Wildman–Crippen MR) is 72.0 cm³/mol. The topological polar surface area (TPSA) is 86.7 Å². The van der Waals surface area contributed by atoms with Gasteiger partial charge in [-0.2, -0.15) is 0 Å². The number of nitrogens with zero attached hydrogens (tertiary/aromatic N) is 1. The van der Waals surface area contributed by atoms with E-state index in [2.05, 4.69) is 5.32 Å². The molecule has 2 aliphatic carbocycles. The smallest absolute Gasteiger partial charge is 0.331 e. The van der Waals surface area contributed by atoms with Crippen LogP contribution in [0.5, 0.6) is 0 Å². The average Bonchev–Trinajstić information content (AvgIpc) is 3.26. The van der Waals surface area contributed by atoms with E-state index in [1.165, 1.54) is 13.8 Å². The Morgan fingerprint density at radius 1 is 1.10 bits per heavy atom. The van der Waals surface area contributed by atoms with E-state index in [0.29, 0.717) is 12.5 Å². The Hall–Kier alpha value is -1.85. The van der Waals surface area contributed by atoms with Crippen molar-refractivity contribution in [2.45, 2.75) is 45.6 Å². The molecule has 0 aromatic heterocycles. The minimum absolute atomic E-state index is 0.0459. The van der Waals surface area contributed by atoms with E-state index in [1.807, 2.05) is 0 Å². The van der Waals surface area contributed by atoms with Crippen LogP contribution in [0.4, 0.5) is 4.79 Å².